The third-order valence-electron chi connectivity index (χ3n) is 2.75. The minimum absolute atomic E-state index is 0.283. The van der Waals surface area contributed by atoms with E-state index in [9.17, 15) is 14.4 Å². The fraction of sp³-hybridized carbons (Fsp3) is 0.643. The molecule has 0 aromatic heterocycles. The van der Waals surface area contributed by atoms with Crippen molar-refractivity contribution in [3.05, 3.63) is 12.8 Å². The maximum Gasteiger partial charge on any atom is 0.338 e. The summed E-state index contributed by atoms with van der Waals surface area (Å²) < 4.78 is 0. The highest BCUT2D eigenvalue weighted by Crippen LogP contribution is 2.04. The summed E-state index contributed by atoms with van der Waals surface area (Å²) in [6.45, 7) is 9.46. The number of hydrogen-bond donors (Lipinski definition) is 1. The van der Waals surface area contributed by atoms with E-state index < -0.39 is 18.0 Å². The Morgan fingerprint density at radius 3 is 2.20 bits per heavy atom. The maximum absolute atomic E-state index is 12.2. The molecule has 0 atom stereocenters. The van der Waals surface area contributed by atoms with Crippen LogP contribution in [0.3, 0.4) is 0 Å². The Morgan fingerprint density at radius 2 is 1.75 bits per heavy atom. The molecule has 20 heavy (non-hydrogen) atoms. The van der Waals surface area contributed by atoms with Gasteiger partial charge in [0.15, 0.2) is 0 Å². The zero-order valence-electron chi connectivity index (χ0n) is 12.6. The minimum atomic E-state index is -0.657. The van der Waals surface area contributed by atoms with E-state index in [1.807, 2.05) is 13.8 Å². The first kappa shape index (κ1) is 18.1. The Morgan fingerprint density at radius 1 is 1.15 bits per heavy atom. The van der Waals surface area contributed by atoms with Gasteiger partial charge in [-0.3, -0.25) is 4.79 Å². The summed E-state index contributed by atoms with van der Waals surface area (Å²) in [6.07, 6.45) is 4.47. The average Bonchev–Trinajstić information content (AvgIpc) is 2.39. The lowest BCUT2D eigenvalue weighted by molar-refractivity contribution is -0.124. The number of hydrogen-bond acceptors (Lipinski definition) is 3. The minimum Gasteiger partial charge on any atom is -0.338 e. The van der Waals surface area contributed by atoms with Crippen LogP contribution in [0.25, 0.3) is 0 Å². The van der Waals surface area contributed by atoms with Gasteiger partial charge in [-0.05, 0) is 12.8 Å². The summed E-state index contributed by atoms with van der Waals surface area (Å²) in [5.41, 5.74) is 0. The summed E-state index contributed by atoms with van der Waals surface area (Å²) >= 11 is 0. The number of nitrogens with zero attached hydrogens (tertiary/aromatic N) is 2. The number of carbonyl (C=O) groups excluding carboxylic acids is 3. The highest BCUT2D eigenvalue weighted by atomic mass is 16.2. The fourth-order valence-corrected chi connectivity index (χ4v) is 1.54. The lowest BCUT2D eigenvalue weighted by atomic mass is 10.3. The van der Waals surface area contributed by atoms with Gasteiger partial charge in [-0.2, -0.15) is 0 Å². The Hall–Kier alpha value is -1.85. The second-order valence-corrected chi connectivity index (χ2v) is 4.44. The van der Waals surface area contributed by atoms with Crippen LogP contribution in [0.2, 0.25) is 0 Å². The van der Waals surface area contributed by atoms with Crippen molar-refractivity contribution in [3.8, 4) is 0 Å². The van der Waals surface area contributed by atoms with Gasteiger partial charge in [0, 0.05) is 26.2 Å². The van der Waals surface area contributed by atoms with Crippen LogP contribution in [-0.2, 0) is 4.79 Å². The third-order valence-corrected chi connectivity index (χ3v) is 2.75. The van der Waals surface area contributed by atoms with E-state index in [0.29, 0.717) is 13.0 Å². The number of amides is 5. The molecule has 0 aromatic rings. The van der Waals surface area contributed by atoms with Crippen LogP contribution in [0.5, 0.6) is 0 Å². The molecule has 0 aromatic carbocycles. The van der Waals surface area contributed by atoms with Crippen molar-refractivity contribution < 1.29 is 14.4 Å². The molecule has 0 aliphatic carbocycles. The monoisotopic (exact) mass is 283 g/mol. The van der Waals surface area contributed by atoms with Gasteiger partial charge in [0.2, 0.25) is 5.91 Å². The Balaban J connectivity index is 4.84. The van der Waals surface area contributed by atoms with Crippen molar-refractivity contribution >= 4 is 18.0 Å². The Bertz CT molecular complexity index is 356. The fourth-order valence-electron chi connectivity index (χ4n) is 1.54. The number of urea groups is 2. The summed E-state index contributed by atoms with van der Waals surface area (Å²) in [5.74, 6) is -0.465. The van der Waals surface area contributed by atoms with Crippen LogP contribution in [0, 0.1) is 0 Å². The van der Waals surface area contributed by atoms with Crippen molar-refractivity contribution in [2.45, 2.75) is 46.5 Å². The summed E-state index contributed by atoms with van der Waals surface area (Å²) in [4.78, 5) is 37.5. The number of rotatable bonds is 7. The quantitative estimate of drug-likeness (QED) is 0.730. The Kier molecular flexibility index (Phi) is 9.07. The van der Waals surface area contributed by atoms with Crippen LogP contribution in [0.4, 0.5) is 9.59 Å². The molecule has 6 heteroatoms. The van der Waals surface area contributed by atoms with Gasteiger partial charge in [0.1, 0.15) is 0 Å². The molecule has 0 aliphatic heterocycles. The van der Waals surface area contributed by atoms with E-state index in [0.717, 1.165) is 35.3 Å². The molecule has 0 rings (SSSR count). The third kappa shape index (κ3) is 5.86. The number of unbranched alkanes of at least 4 members (excludes halogenated alkanes) is 2. The van der Waals surface area contributed by atoms with E-state index in [1.165, 1.54) is 6.92 Å². The molecule has 114 valence electrons. The van der Waals surface area contributed by atoms with Crippen LogP contribution in [0.1, 0.15) is 46.5 Å². The molecular formula is C14H25N3O3. The van der Waals surface area contributed by atoms with Gasteiger partial charge in [0.05, 0.1) is 0 Å². The van der Waals surface area contributed by atoms with Gasteiger partial charge < -0.3 is 5.32 Å². The molecule has 0 aliphatic rings. The van der Waals surface area contributed by atoms with Crippen molar-refractivity contribution in [2.24, 2.45) is 0 Å². The van der Waals surface area contributed by atoms with Gasteiger partial charge in [-0.25, -0.2) is 19.4 Å². The van der Waals surface area contributed by atoms with Crippen LogP contribution in [0.15, 0.2) is 12.8 Å². The molecule has 0 saturated carbocycles. The molecule has 0 saturated heterocycles. The SMILES string of the molecule is C=CN(C(C)=O)C(=O)N(CCCC)C(=O)NCCCC. The van der Waals surface area contributed by atoms with Gasteiger partial charge in [-0.1, -0.05) is 33.3 Å². The highest BCUT2D eigenvalue weighted by Gasteiger charge is 2.26. The van der Waals surface area contributed by atoms with Crippen molar-refractivity contribution in [1.29, 1.82) is 0 Å². The second kappa shape index (κ2) is 10.00. The first-order valence-corrected chi connectivity index (χ1v) is 7.01. The molecule has 0 bridgehead atoms. The van der Waals surface area contributed by atoms with Crippen LogP contribution >= 0.6 is 0 Å². The zero-order chi connectivity index (χ0) is 15.5. The molecule has 0 spiro atoms. The molecule has 5 amide bonds. The molecule has 0 unspecified atom stereocenters. The smallest absolute Gasteiger partial charge is 0.338 e. The molecule has 6 nitrogen and oxygen atoms in total. The number of imide groups is 2. The summed E-state index contributed by atoms with van der Waals surface area (Å²) in [5, 5.41) is 2.69. The van der Waals surface area contributed by atoms with E-state index in [-0.39, 0.29) is 6.54 Å². The molecule has 0 fully saturated rings. The Labute approximate surface area is 120 Å². The maximum atomic E-state index is 12.2. The average molecular weight is 283 g/mol. The second-order valence-electron chi connectivity index (χ2n) is 4.44. The first-order chi connectivity index (χ1) is 9.49. The number of carbonyl (C=O) groups is 3. The van der Waals surface area contributed by atoms with Crippen molar-refractivity contribution in [1.82, 2.24) is 15.1 Å². The first-order valence-electron chi connectivity index (χ1n) is 7.01. The van der Waals surface area contributed by atoms with Gasteiger partial charge >= 0.3 is 12.1 Å². The summed E-state index contributed by atoms with van der Waals surface area (Å²) in [7, 11) is 0. The lowest BCUT2D eigenvalue weighted by Crippen LogP contribution is -2.50. The molecule has 0 heterocycles. The predicted octanol–water partition coefficient (Wildman–Crippen LogP) is 2.71. The zero-order valence-corrected chi connectivity index (χ0v) is 12.6. The standard InChI is InChI=1S/C14H25N3O3/c1-5-8-10-15-13(19)17(11-9-6-2)14(20)16(7-3)12(4)18/h7H,3,5-6,8-11H2,1-2,4H3,(H,15,19). The highest BCUT2D eigenvalue weighted by molar-refractivity contribution is 6.01. The topological polar surface area (TPSA) is 69.7 Å². The normalized spacial score (nSPS) is 9.75. The summed E-state index contributed by atoms with van der Waals surface area (Å²) in [6, 6.07) is -1.13. The van der Waals surface area contributed by atoms with E-state index in [4.69, 9.17) is 0 Å². The molecular weight excluding hydrogens is 258 g/mol. The van der Waals surface area contributed by atoms with Crippen LogP contribution in [-0.4, -0.2) is 40.9 Å². The predicted molar refractivity (Wildman–Crippen MR) is 78.0 cm³/mol. The van der Waals surface area contributed by atoms with Gasteiger partial charge in [0.25, 0.3) is 0 Å². The largest absolute Gasteiger partial charge is 0.338 e. The van der Waals surface area contributed by atoms with Crippen LogP contribution < -0.4 is 5.32 Å². The van der Waals surface area contributed by atoms with Gasteiger partial charge in [-0.15, -0.1) is 0 Å². The van der Waals surface area contributed by atoms with E-state index in [2.05, 4.69) is 11.9 Å². The van der Waals surface area contributed by atoms with Crippen molar-refractivity contribution in [3.63, 3.8) is 0 Å². The number of nitrogens with one attached hydrogen (secondary N) is 1. The van der Waals surface area contributed by atoms with Crippen molar-refractivity contribution in [2.75, 3.05) is 13.1 Å². The lowest BCUT2D eigenvalue weighted by Gasteiger charge is -2.25. The molecule has 1 N–H and O–H groups in total. The van der Waals surface area contributed by atoms with E-state index >= 15 is 0 Å². The molecule has 0 radical (unpaired) electrons. The van der Waals surface area contributed by atoms with E-state index in [1.54, 1.807) is 0 Å².